The summed E-state index contributed by atoms with van der Waals surface area (Å²) in [4.78, 5) is 12.5. The first-order valence-electron chi connectivity index (χ1n) is 8.96. The molecule has 7 atom stereocenters. The van der Waals surface area contributed by atoms with Gasteiger partial charge in [0.15, 0.2) is 0 Å². The second kappa shape index (κ2) is 4.37. The van der Waals surface area contributed by atoms with Gasteiger partial charge in [-0.3, -0.25) is 4.79 Å². The third-order valence-corrected chi connectivity index (χ3v) is 7.88. The van der Waals surface area contributed by atoms with Gasteiger partial charge in [-0.05, 0) is 54.8 Å². The molecule has 0 aromatic carbocycles. The van der Waals surface area contributed by atoms with E-state index in [1.807, 2.05) is 0 Å². The van der Waals surface area contributed by atoms with E-state index in [9.17, 15) is 15.0 Å². The molecule has 22 heavy (non-hydrogen) atoms. The molecule has 0 spiro atoms. The number of carbonyl (C=O) groups is 1. The normalized spacial score (nSPS) is 52.0. The van der Waals surface area contributed by atoms with Crippen LogP contribution in [-0.4, -0.2) is 22.8 Å². The summed E-state index contributed by atoms with van der Waals surface area (Å²) in [6.45, 7) is 6.69. The van der Waals surface area contributed by atoms with E-state index in [0.29, 0.717) is 11.8 Å². The zero-order valence-corrected chi connectivity index (χ0v) is 13.9. The Balaban J connectivity index is 1.89. The summed E-state index contributed by atoms with van der Waals surface area (Å²) in [5.74, 6) is 1.95. The molecule has 0 amide bonds. The smallest absolute Gasteiger partial charge is 0.314 e. The summed E-state index contributed by atoms with van der Waals surface area (Å²) in [6, 6.07) is 0. The maximum atomic E-state index is 12.5. The van der Waals surface area contributed by atoms with Gasteiger partial charge in [0.25, 0.3) is 0 Å². The standard InChI is InChI=1S/C19H28O3/c1-10(2)14-7-18(9-20)8-15-12-5-4-11(3)13(12)6-16(18)19(14,15)17(21)22/h7,10-13,15-16,20H,4-6,8-9H2,1-3H3,(H,21,22). The van der Waals surface area contributed by atoms with Crippen LogP contribution in [0.25, 0.3) is 0 Å². The first-order valence-corrected chi connectivity index (χ1v) is 8.96. The molecule has 3 fully saturated rings. The Morgan fingerprint density at radius 1 is 1.36 bits per heavy atom. The van der Waals surface area contributed by atoms with Gasteiger partial charge in [0.2, 0.25) is 0 Å². The van der Waals surface area contributed by atoms with Crippen molar-refractivity contribution in [1.82, 2.24) is 0 Å². The van der Waals surface area contributed by atoms with Gasteiger partial charge < -0.3 is 10.2 Å². The van der Waals surface area contributed by atoms with Crippen LogP contribution in [0.15, 0.2) is 11.6 Å². The fourth-order valence-electron chi connectivity index (χ4n) is 7.12. The highest BCUT2D eigenvalue weighted by molar-refractivity contribution is 5.83. The summed E-state index contributed by atoms with van der Waals surface area (Å²) in [7, 11) is 0. The lowest BCUT2D eigenvalue weighted by Gasteiger charge is -2.48. The summed E-state index contributed by atoms with van der Waals surface area (Å²) in [5, 5.41) is 20.5. The Morgan fingerprint density at radius 3 is 2.68 bits per heavy atom. The molecular formula is C19H28O3. The van der Waals surface area contributed by atoms with Gasteiger partial charge in [-0.15, -0.1) is 0 Å². The number of hydrogen-bond donors (Lipinski definition) is 2. The monoisotopic (exact) mass is 304 g/mol. The zero-order valence-electron chi connectivity index (χ0n) is 13.9. The molecule has 0 aliphatic heterocycles. The van der Waals surface area contributed by atoms with Gasteiger partial charge in [-0.25, -0.2) is 0 Å². The minimum absolute atomic E-state index is 0.117. The zero-order chi connectivity index (χ0) is 15.9. The third kappa shape index (κ3) is 1.40. The molecule has 3 heteroatoms. The Kier molecular flexibility index (Phi) is 2.93. The van der Waals surface area contributed by atoms with Gasteiger partial charge in [0.05, 0.1) is 12.0 Å². The molecule has 0 saturated heterocycles. The van der Waals surface area contributed by atoms with Crippen LogP contribution in [0.4, 0.5) is 0 Å². The Bertz CT molecular complexity index is 551. The van der Waals surface area contributed by atoms with E-state index in [-0.39, 0.29) is 29.8 Å². The highest BCUT2D eigenvalue weighted by Gasteiger charge is 2.75. The average molecular weight is 304 g/mol. The van der Waals surface area contributed by atoms with E-state index in [1.165, 1.54) is 12.8 Å². The van der Waals surface area contributed by atoms with Crippen molar-refractivity contribution in [2.75, 3.05) is 6.61 Å². The number of aliphatic hydroxyl groups excluding tert-OH is 1. The molecule has 2 N–H and O–H groups in total. The molecule has 122 valence electrons. The van der Waals surface area contributed by atoms with Crippen molar-refractivity contribution in [2.24, 2.45) is 46.3 Å². The van der Waals surface area contributed by atoms with Crippen LogP contribution in [0.2, 0.25) is 0 Å². The second-order valence-corrected chi connectivity index (χ2v) is 8.80. The van der Waals surface area contributed by atoms with Crippen LogP contribution in [0.5, 0.6) is 0 Å². The topological polar surface area (TPSA) is 57.5 Å². The lowest BCUT2D eigenvalue weighted by molar-refractivity contribution is -0.157. The van der Waals surface area contributed by atoms with Crippen LogP contribution in [-0.2, 0) is 4.79 Å². The molecule has 4 bridgehead atoms. The first kappa shape index (κ1) is 14.7. The fourth-order valence-corrected chi connectivity index (χ4v) is 7.12. The van der Waals surface area contributed by atoms with Crippen molar-refractivity contribution in [3.8, 4) is 0 Å². The molecule has 7 unspecified atom stereocenters. The fraction of sp³-hybridized carbons (Fsp3) is 0.842. The number of fused-ring (bicyclic) bond motifs is 2. The largest absolute Gasteiger partial charge is 0.481 e. The minimum atomic E-state index is -0.678. The molecule has 0 radical (unpaired) electrons. The highest BCUT2D eigenvalue weighted by Crippen LogP contribution is 2.76. The van der Waals surface area contributed by atoms with Crippen LogP contribution < -0.4 is 0 Å². The van der Waals surface area contributed by atoms with Gasteiger partial charge in [-0.2, -0.15) is 0 Å². The molecule has 4 aliphatic rings. The number of carboxylic acid groups (broad SMARTS) is 1. The number of aliphatic hydroxyl groups is 1. The molecular weight excluding hydrogens is 276 g/mol. The number of rotatable bonds is 3. The SMILES string of the molecule is CC(C)C1=CC2(CO)CC3C4CCC(C)C4CC2C13C(=O)O. The van der Waals surface area contributed by atoms with Crippen LogP contribution in [0.3, 0.4) is 0 Å². The number of carboxylic acids is 1. The molecule has 0 aromatic heterocycles. The lowest BCUT2D eigenvalue weighted by atomic mass is 9.54. The van der Waals surface area contributed by atoms with Gasteiger partial charge in [0.1, 0.15) is 0 Å². The summed E-state index contributed by atoms with van der Waals surface area (Å²) in [5.41, 5.74) is 0.183. The molecule has 3 nitrogen and oxygen atoms in total. The average Bonchev–Trinajstić information content (AvgIpc) is 3.05. The van der Waals surface area contributed by atoms with Crippen molar-refractivity contribution in [2.45, 2.75) is 46.5 Å². The first-order chi connectivity index (χ1) is 10.4. The predicted octanol–water partition coefficient (Wildman–Crippen LogP) is 3.33. The van der Waals surface area contributed by atoms with Crippen molar-refractivity contribution in [3.05, 3.63) is 11.6 Å². The molecule has 3 saturated carbocycles. The quantitative estimate of drug-likeness (QED) is 0.786. The van der Waals surface area contributed by atoms with Crippen LogP contribution in [0, 0.1) is 46.3 Å². The van der Waals surface area contributed by atoms with E-state index < -0.39 is 11.4 Å². The maximum absolute atomic E-state index is 12.5. The summed E-state index contributed by atoms with van der Waals surface area (Å²) < 4.78 is 0. The van der Waals surface area contributed by atoms with Crippen molar-refractivity contribution >= 4 is 5.97 Å². The van der Waals surface area contributed by atoms with E-state index >= 15 is 0 Å². The molecule has 4 rings (SSSR count). The van der Waals surface area contributed by atoms with Gasteiger partial charge >= 0.3 is 5.97 Å². The Hall–Kier alpha value is -0.830. The highest BCUT2D eigenvalue weighted by atomic mass is 16.4. The minimum Gasteiger partial charge on any atom is -0.481 e. The lowest BCUT2D eigenvalue weighted by Crippen LogP contribution is -2.50. The maximum Gasteiger partial charge on any atom is 0.314 e. The van der Waals surface area contributed by atoms with Crippen molar-refractivity contribution < 1.29 is 15.0 Å². The van der Waals surface area contributed by atoms with E-state index in [0.717, 1.165) is 24.3 Å². The Morgan fingerprint density at radius 2 is 2.09 bits per heavy atom. The van der Waals surface area contributed by atoms with Crippen LogP contribution in [0.1, 0.15) is 46.5 Å². The van der Waals surface area contributed by atoms with Gasteiger partial charge in [-0.1, -0.05) is 38.8 Å². The molecule has 0 heterocycles. The summed E-state index contributed by atoms with van der Waals surface area (Å²) in [6.07, 6.45) is 6.53. The predicted molar refractivity (Wildman–Crippen MR) is 84.1 cm³/mol. The van der Waals surface area contributed by atoms with Crippen LogP contribution >= 0.6 is 0 Å². The van der Waals surface area contributed by atoms with Crippen molar-refractivity contribution in [3.63, 3.8) is 0 Å². The molecule has 4 aliphatic carbocycles. The van der Waals surface area contributed by atoms with Crippen molar-refractivity contribution in [1.29, 1.82) is 0 Å². The Labute approximate surface area is 132 Å². The van der Waals surface area contributed by atoms with E-state index in [4.69, 9.17) is 0 Å². The second-order valence-electron chi connectivity index (χ2n) is 8.80. The summed E-state index contributed by atoms with van der Waals surface area (Å²) >= 11 is 0. The van der Waals surface area contributed by atoms with E-state index in [2.05, 4.69) is 26.8 Å². The van der Waals surface area contributed by atoms with E-state index in [1.54, 1.807) is 0 Å². The molecule has 0 aromatic rings. The van der Waals surface area contributed by atoms with Gasteiger partial charge in [0, 0.05) is 5.41 Å². The number of hydrogen-bond acceptors (Lipinski definition) is 2. The number of aliphatic carboxylic acids is 1. The third-order valence-electron chi connectivity index (χ3n) is 7.88.